The summed E-state index contributed by atoms with van der Waals surface area (Å²) in [4.78, 5) is 0. The van der Waals surface area contributed by atoms with Crippen molar-refractivity contribution < 1.29 is 5.11 Å². The third-order valence-corrected chi connectivity index (χ3v) is 3.05. The van der Waals surface area contributed by atoms with E-state index in [1.807, 2.05) is 0 Å². The molecule has 0 radical (unpaired) electrons. The normalized spacial score (nSPS) is 12.1. The van der Waals surface area contributed by atoms with Crippen molar-refractivity contribution in [2.45, 2.75) is 32.4 Å². The molecule has 2 nitrogen and oxygen atoms in total. The summed E-state index contributed by atoms with van der Waals surface area (Å²) in [6, 6.07) is 3.44. The second kappa shape index (κ2) is 6.76. The average Bonchev–Trinajstić information content (AvgIpc) is 2.30. The molecule has 0 aliphatic carbocycles. The topological polar surface area (TPSA) is 32.3 Å². The second-order valence-corrected chi connectivity index (χ2v) is 4.63. The van der Waals surface area contributed by atoms with Crippen LogP contribution in [0.15, 0.2) is 12.1 Å². The highest BCUT2D eigenvalue weighted by Gasteiger charge is 2.10. The van der Waals surface area contributed by atoms with Crippen molar-refractivity contribution in [2.24, 2.45) is 0 Å². The molecule has 0 saturated carbocycles. The van der Waals surface area contributed by atoms with E-state index in [9.17, 15) is 5.11 Å². The lowest BCUT2D eigenvalue weighted by Crippen LogP contribution is -2.27. The molecule has 17 heavy (non-hydrogen) atoms. The fourth-order valence-corrected chi connectivity index (χ4v) is 2.05. The van der Waals surface area contributed by atoms with Gasteiger partial charge in [-0.2, -0.15) is 0 Å². The molecule has 1 atom stereocenters. The Kier molecular flexibility index (Phi) is 5.64. The van der Waals surface area contributed by atoms with E-state index in [2.05, 4.69) is 18.2 Å². The van der Waals surface area contributed by atoms with Crippen LogP contribution in [0.1, 0.15) is 25.3 Å². The molecule has 0 aliphatic heterocycles. The highest BCUT2D eigenvalue weighted by Crippen LogP contribution is 2.31. The number of halogens is 2. The Morgan fingerprint density at radius 3 is 2.76 bits per heavy atom. The minimum Gasteiger partial charge on any atom is -0.506 e. The Hall–Kier alpha value is -0.880. The summed E-state index contributed by atoms with van der Waals surface area (Å²) in [5, 5.41) is 13.8. The molecule has 0 aromatic heterocycles. The van der Waals surface area contributed by atoms with E-state index in [1.165, 1.54) is 6.07 Å². The Bertz CT molecular complexity index is 426. The van der Waals surface area contributed by atoms with Crippen molar-refractivity contribution in [1.29, 1.82) is 0 Å². The van der Waals surface area contributed by atoms with Crippen LogP contribution < -0.4 is 5.32 Å². The Labute approximate surface area is 112 Å². The zero-order valence-electron chi connectivity index (χ0n) is 9.63. The zero-order valence-corrected chi connectivity index (χ0v) is 11.1. The van der Waals surface area contributed by atoms with Crippen LogP contribution in [-0.2, 0) is 6.54 Å². The van der Waals surface area contributed by atoms with Crippen LogP contribution >= 0.6 is 23.2 Å². The van der Waals surface area contributed by atoms with Crippen molar-refractivity contribution in [3.8, 4) is 18.1 Å². The molecular weight excluding hydrogens is 257 g/mol. The van der Waals surface area contributed by atoms with Gasteiger partial charge in [-0.3, -0.25) is 0 Å². The van der Waals surface area contributed by atoms with Crippen LogP contribution in [0.2, 0.25) is 10.0 Å². The maximum absolute atomic E-state index is 9.77. The summed E-state index contributed by atoms with van der Waals surface area (Å²) in [5.41, 5.74) is 0.679. The van der Waals surface area contributed by atoms with Gasteiger partial charge in [-0.15, -0.1) is 12.3 Å². The standard InChI is InChI=1S/C13H15Cl2NO/c1-3-5-11(4-2)16-8-9-6-10(14)7-12(15)13(9)17/h1,6-7,11,16-17H,4-5,8H2,2H3. The first-order chi connectivity index (χ1) is 8.08. The summed E-state index contributed by atoms with van der Waals surface area (Å²) < 4.78 is 0. The number of phenols is 1. The average molecular weight is 272 g/mol. The van der Waals surface area contributed by atoms with E-state index >= 15 is 0 Å². The van der Waals surface area contributed by atoms with E-state index < -0.39 is 0 Å². The number of terminal acetylenes is 1. The molecule has 4 heteroatoms. The van der Waals surface area contributed by atoms with Gasteiger partial charge >= 0.3 is 0 Å². The minimum atomic E-state index is 0.0686. The van der Waals surface area contributed by atoms with Crippen molar-refractivity contribution in [1.82, 2.24) is 5.32 Å². The third kappa shape index (κ3) is 4.12. The largest absolute Gasteiger partial charge is 0.506 e. The van der Waals surface area contributed by atoms with Gasteiger partial charge < -0.3 is 10.4 Å². The maximum atomic E-state index is 9.77. The molecule has 0 aliphatic rings. The number of hydrogen-bond donors (Lipinski definition) is 2. The lowest BCUT2D eigenvalue weighted by molar-refractivity contribution is 0.453. The van der Waals surface area contributed by atoms with Gasteiger partial charge in [-0.1, -0.05) is 30.1 Å². The number of nitrogens with one attached hydrogen (secondary N) is 1. The molecule has 1 aromatic carbocycles. The number of aromatic hydroxyl groups is 1. The first kappa shape index (κ1) is 14.2. The smallest absolute Gasteiger partial charge is 0.138 e. The van der Waals surface area contributed by atoms with Crippen molar-refractivity contribution in [2.75, 3.05) is 0 Å². The lowest BCUT2D eigenvalue weighted by atomic mass is 10.1. The Balaban J connectivity index is 2.72. The van der Waals surface area contributed by atoms with Gasteiger partial charge in [0, 0.05) is 29.6 Å². The van der Waals surface area contributed by atoms with Gasteiger partial charge in [-0.25, -0.2) is 0 Å². The number of hydrogen-bond acceptors (Lipinski definition) is 2. The van der Waals surface area contributed by atoms with Gasteiger partial charge in [0.25, 0.3) is 0 Å². The van der Waals surface area contributed by atoms with Crippen LogP contribution in [0, 0.1) is 12.3 Å². The second-order valence-electron chi connectivity index (χ2n) is 3.79. The number of benzene rings is 1. The molecule has 2 N–H and O–H groups in total. The van der Waals surface area contributed by atoms with Gasteiger partial charge in [-0.05, 0) is 18.6 Å². The fourth-order valence-electron chi connectivity index (χ4n) is 1.51. The Morgan fingerprint density at radius 2 is 2.18 bits per heavy atom. The highest BCUT2D eigenvalue weighted by molar-refractivity contribution is 6.35. The van der Waals surface area contributed by atoms with E-state index in [4.69, 9.17) is 29.6 Å². The monoisotopic (exact) mass is 271 g/mol. The van der Waals surface area contributed by atoms with Crippen LogP contribution in [-0.4, -0.2) is 11.1 Å². The fraction of sp³-hybridized carbons (Fsp3) is 0.385. The zero-order chi connectivity index (χ0) is 12.8. The van der Waals surface area contributed by atoms with E-state index in [1.54, 1.807) is 6.07 Å². The van der Waals surface area contributed by atoms with E-state index in [0.29, 0.717) is 23.6 Å². The molecule has 0 saturated heterocycles. The number of phenolic OH excluding ortho intramolecular Hbond substituents is 1. The molecule has 0 heterocycles. The quantitative estimate of drug-likeness (QED) is 0.803. The highest BCUT2D eigenvalue weighted by atomic mass is 35.5. The van der Waals surface area contributed by atoms with Crippen molar-refractivity contribution in [3.05, 3.63) is 27.7 Å². The molecule has 1 aromatic rings. The predicted molar refractivity (Wildman–Crippen MR) is 72.5 cm³/mol. The minimum absolute atomic E-state index is 0.0686. The summed E-state index contributed by atoms with van der Waals surface area (Å²) in [6.45, 7) is 2.55. The SMILES string of the molecule is C#CCC(CC)NCc1cc(Cl)cc(Cl)c1O. The van der Waals surface area contributed by atoms with Crippen LogP contribution in [0.3, 0.4) is 0 Å². The molecule has 0 bridgehead atoms. The first-order valence-electron chi connectivity index (χ1n) is 5.42. The molecule has 0 fully saturated rings. The Morgan fingerprint density at radius 1 is 1.47 bits per heavy atom. The number of rotatable bonds is 5. The van der Waals surface area contributed by atoms with Gasteiger partial charge in [0.1, 0.15) is 5.75 Å². The van der Waals surface area contributed by atoms with Crippen molar-refractivity contribution >= 4 is 23.2 Å². The summed E-state index contributed by atoms with van der Waals surface area (Å²) >= 11 is 11.7. The maximum Gasteiger partial charge on any atom is 0.138 e. The molecule has 92 valence electrons. The van der Waals surface area contributed by atoms with Gasteiger partial charge in [0.2, 0.25) is 0 Å². The summed E-state index contributed by atoms with van der Waals surface area (Å²) in [5.74, 6) is 2.68. The molecule has 0 spiro atoms. The van der Waals surface area contributed by atoms with Crippen molar-refractivity contribution in [3.63, 3.8) is 0 Å². The summed E-state index contributed by atoms with van der Waals surface area (Å²) in [6.07, 6.45) is 6.86. The molecule has 1 unspecified atom stereocenters. The molecule has 1 rings (SSSR count). The van der Waals surface area contributed by atoms with E-state index in [0.717, 1.165) is 6.42 Å². The van der Waals surface area contributed by atoms with Crippen LogP contribution in [0.5, 0.6) is 5.75 Å². The van der Waals surface area contributed by atoms with Crippen LogP contribution in [0.25, 0.3) is 0 Å². The molecular formula is C13H15Cl2NO. The predicted octanol–water partition coefficient (Wildman–Crippen LogP) is 3.59. The van der Waals surface area contributed by atoms with Gasteiger partial charge in [0.05, 0.1) is 5.02 Å². The summed E-state index contributed by atoms with van der Waals surface area (Å²) in [7, 11) is 0. The molecule has 0 amide bonds. The van der Waals surface area contributed by atoms with Gasteiger partial charge in [0.15, 0.2) is 0 Å². The van der Waals surface area contributed by atoms with E-state index in [-0.39, 0.29) is 16.8 Å². The lowest BCUT2D eigenvalue weighted by Gasteiger charge is -2.15. The van der Waals surface area contributed by atoms with Crippen LogP contribution in [0.4, 0.5) is 0 Å². The first-order valence-corrected chi connectivity index (χ1v) is 6.17. The third-order valence-electron chi connectivity index (χ3n) is 2.55.